The number of thiol groups is 1. The number of hydrogen-bond donors (Lipinski definition) is 4. The van der Waals surface area contributed by atoms with Crippen molar-refractivity contribution in [3.63, 3.8) is 0 Å². The van der Waals surface area contributed by atoms with Crippen LogP contribution in [-0.2, 0) is 0 Å². The van der Waals surface area contributed by atoms with Crippen molar-refractivity contribution in [3.05, 3.63) is 47.6 Å². The average Bonchev–Trinajstić information content (AvgIpc) is 3.54. The number of nitrogens with one attached hydrogen (secondary N) is 3. The predicted molar refractivity (Wildman–Crippen MR) is 141 cm³/mol. The molecule has 1 aromatic carbocycles. The second-order valence-electron chi connectivity index (χ2n) is 8.47. The van der Waals surface area contributed by atoms with Crippen LogP contribution in [0.5, 0.6) is 16.6 Å². The molecule has 0 bridgehead atoms. The van der Waals surface area contributed by atoms with Gasteiger partial charge in [0.1, 0.15) is 23.1 Å². The molecule has 184 valence electrons. The number of allylic oxidation sites excluding steroid dienone is 1. The molecule has 2 unspecified atom stereocenters. The summed E-state index contributed by atoms with van der Waals surface area (Å²) in [6.45, 7) is 5.63. The van der Waals surface area contributed by atoms with Crippen molar-refractivity contribution in [1.82, 2.24) is 10.3 Å². The van der Waals surface area contributed by atoms with Gasteiger partial charge in [-0.25, -0.2) is 4.98 Å². The van der Waals surface area contributed by atoms with E-state index in [0.29, 0.717) is 40.1 Å². The summed E-state index contributed by atoms with van der Waals surface area (Å²) in [6.07, 6.45) is 9.29. The molecule has 1 saturated carbocycles. The summed E-state index contributed by atoms with van der Waals surface area (Å²) in [7, 11) is 0. The van der Waals surface area contributed by atoms with E-state index in [2.05, 4.69) is 36.8 Å². The molecule has 1 aliphatic rings. The molecule has 9 heteroatoms. The number of thiazole rings is 1. The Morgan fingerprint density at radius 1 is 1.26 bits per heavy atom. The Kier molecular flexibility index (Phi) is 10.4. The fraction of sp³-hybridized carbons (Fsp3) is 0.480. The van der Waals surface area contributed by atoms with Gasteiger partial charge in [-0.1, -0.05) is 37.7 Å². The first kappa shape index (κ1) is 26.2. The first-order valence-corrected chi connectivity index (χ1v) is 13.1. The van der Waals surface area contributed by atoms with Crippen molar-refractivity contribution in [2.24, 2.45) is 11.8 Å². The normalized spacial score (nSPS) is 15.1. The fourth-order valence-corrected chi connectivity index (χ4v) is 4.28. The number of hydrogen-bond acceptors (Lipinski definition) is 9. The van der Waals surface area contributed by atoms with E-state index in [-0.39, 0.29) is 17.7 Å². The van der Waals surface area contributed by atoms with Crippen LogP contribution < -0.4 is 19.5 Å². The van der Waals surface area contributed by atoms with E-state index in [1.807, 2.05) is 12.1 Å². The second kappa shape index (κ2) is 13.5. The van der Waals surface area contributed by atoms with Gasteiger partial charge in [0.05, 0.1) is 18.5 Å². The first-order valence-electron chi connectivity index (χ1n) is 11.7. The van der Waals surface area contributed by atoms with Gasteiger partial charge in [0.25, 0.3) is 0 Å². The molecule has 1 aromatic heterocycles. The Balaban J connectivity index is 1.48. The van der Waals surface area contributed by atoms with E-state index in [9.17, 15) is 0 Å². The van der Waals surface area contributed by atoms with Crippen LogP contribution in [0.4, 0.5) is 0 Å². The molecule has 0 radical (unpaired) electrons. The summed E-state index contributed by atoms with van der Waals surface area (Å²) in [4.78, 5) is 4.29. The summed E-state index contributed by atoms with van der Waals surface area (Å²) in [5.74, 6) is 2.94. The Labute approximate surface area is 211 Å². The van der Waals surface area contributed by atoms with E-state index < -0.39 is 0 Å². The molecule has 0 saturated heterocycles. The zero-order valence-corrected chi connectivity index (χ0v) is 21.5. The van der Waals surface area contributed by atoms with Crippen molar-refractivity contribution in [3.8, 4) is 16.6 Å². The summed E-state index contributed by atoms with van der Waals surface area (Å²) in [5.41, 5.74) is 0.194. The number of rotatable bonds is 15. The molecule has 2 atom stereocenters. The van der Waals surface area contributed by atoms with Crippen molar-refractivity contribution < 1.29 is 14.2 Å². The molecule has 3 N–H and O–H groups in total. The molecule has 0 aliphatic heterocycles. The summed E-state index contributed by atoms with van der Waals surface area (Å²) >= 11 is 5.60. The highest BCUT2D eigenvalue weighted by Gasteiger charge is 2.22. The maximum absolute atomic E-state index is 8.27. The van der Waals surface area contributed by atoms with Gasteiger partial charge < -0.3 is 19.5 Å². The van der Waals surface area contributed by atoms with Crippen molar-refractivity contribution in [2.75, 3.05) is 19.1 Å². The van der Waals surface area contributed by atoms with E-state index in [1.165, 1.54) is 36.3 Å². The minimum absolute atomic E-state index is 0.0669. The quantitative estimate of drug-likeness (QED) is 0.110. The topological polar surface area (TPSA) is 100 Å². The molecule has 1 fully saturated rings. The summed E-state index contributed by atoms with van der Waals surface area (Å²) < 4.78 is 17.3. The maximum atomic E-state index is 8.27. The van der Waals surface area contributed by atoms with Crippen molar-refractivity contribution in [2.45, 2.75) is 45.6 Å². The smallest absolute Gasteiger partial charge is 0.211 e. The molecule has 34 heavy (non-hydrogen) atoms. The van der Waals surface area contributed by atoms with Gasteiger partial charge in [-0.15, -0.1) is 0 Å². The van der Waals surface area contributed by atoms with Crippen LogP contribution in [0.2, 0.25) is 0 Å². The molecule has 7 nitrogen and oxygen atoms in total. The predicted octanol–water partition coefficient (Wildman–Crippen LogP) is 5.57. The van der Waals surface area contributed by atoms with Crippen LogP contribution in [0.3, 0.4) is 0 Å². The van der Waals surface area contributed by atoms with Gasteiger partial charge in [0, 0.05) is 24.1 Å². The van der Waals surface area contributed by atoms with E-state index in [4.69, 9.17) is 25.0 Å². The lowest BCUT2D eigenvalue weighted by Gasteiger charge is -2.23. The Bertz CT molecular complexity index is 975. The zero-order valence-electron chi connectivity index (χ0n) is 19.8. The lowest BCUT2D eigenvalue weighted by atomic mass is 9.98. The standard InChI is InChI=1S/C25H34N4O3S2/c1-3-5-17(2)22(29-16-33)15-31-24-13-28-25(34-24)21(26)10-11-23(27)32-20-7-4-6-19(12-20)30-14-18-8-9-18/h4,6-7,10-13,17-18,22,26-27,29,33H,3,5,8-9,14-16H2,1-2H3/b11-10-,26-21?,27-23?. The highest BCUT2D eigenvalue weighted by molar-refractivity contribution is 7.80. The largest absolute Gasteiger partial charge is 0.493 e. The minimum Gasteiger partial charge on any atom is -0.493 e. The van der Waals surface area contributed by atoms with Gasteiger partial charge in [-0.2, -0.15) is 12.6 Å². The summed E-state index contributed by atoms with van der Waals surface area (Å²) in [5, 5.41) is 20.9. The van der Waals surface area contributed by atoms with Crippen LogP contribution in [-0.4, -0.2) is 41.7 Å². The number of aromatic nitrogens is 1. The average molecular weight is 503 g/mol. The van der Waals surface area contributed by atoms with Gasteiger partial charge in [-0.05, 0) is 49.3 Å². The van der Waals surface area contributed by atoms with Crippen LogP contribution in [0.15, 0.2) is 42.6 Å². The number of ether oxygens (including phenoxy) is 3. The van der Waals surface area contributed by atoms with Crippen LogP contribution in [0.1, 0.15) is 44.5 Å². The number of benzene rings is 1. The van der Waals surface area contributed by atoms with Gasteiger partial charge >= 0.3 is 0 Å². The SMILES string of the molecule is CCCC(C)C(COc1cnc(C(=N)/C=C\C(=N)Oc2cccc(OCC3CC3)c2)s1)NCS. The Morgan fingerprint density at radius 3 is 2.79 bits per heavy atom. The van der Waals surface area contributed by atoms with Crippen LogP contribution in [0.25, 0.3) is 0 Å². The van der Waals surface area contributed by atoms with E-state index in [1.54, 1.807) is 18.3 Å². The third-order valence-corrected chi connectivity index (χ3v) is 6.65. The highest BCUT2D eigenvalue weighted by atomic mass is 32.1. The second-order valence-corrected chi connectivity index (χ2v) is 9.78. The third kappa shape index (κ3) is 8.77. The molecule has 1 aliphatic carbocycles. The van der Waals surface area contributed by atoms with Crippen molar-refractivity contribution in [1.29, 1.82) is 10.8 Å². The molecule has 2 aromatic rings. The lowest BCUT2D eigenvalue weighted by Crippen LogP contribution is -2.39. The molecule has 1 heterocycles. The fourth-order valence-electron chi connectivity index (χ4n) is 3.34. The van der Waals surface area contributed by atoms with E-state index in [0.717, 1.165) is 25.2 Å². The van der Waals surface area contributed by atoms with Gasteiger partial charge in [0.2, 0.25) is 5.90 Å². The summed E-state index contributed by atoms with van der Waals surface area (Å²) in [6, 6.07) is 7.48. The Morgan fingerprint density at radius 2 is 2.06 bits per heavy atom. The number of nitrogens with zero attached hydrogens (tertiary/aromatic N) is 1. The van der Waals surface area contributed by atoms with Crippen LogP contribution in [0, 0.1) is 22.7 Å². The molecule has 0 spiro atoms. The lowest BCUT2D eigenvalue weighted by molar-refractivity contribution is 0.227. The maximum Gasteiger partial charge on any atom is 0.211 e. The first-order chi connectivity index (χ1) is 16.5. The van der Waals surface area contributed by atoms with Gasteiger partial charge in [0.15, 0.2) is 5.06 Å². The van der Waals surface area contributed by atoms with Gasteiger partial charge in [-0.3, -0.25) is 10.8 Å². The van der Waals surface area contributed by atoms with E-state index >= 15 is 0 Å². The molecular formula is C25H34N4O3S2. The Hall–Kier alpha value is -2.36. The highest BCUT2D eigenvalue weighted by Crippen LogP contribution is 2.30. The minimum atomic E-state index is -0.0669. The molecular weight excluding hydrogens is 468 g/mol. The molecule has 3 rings (SSSR count). The third-order valence-electron chi connectivity index (χ3n) is 5.52. The molecule has 0 amide bonds. The monoisotopic (exact) mass is 502 g/mol. The van der Waals surface area contributed by atoms with Crippen LogP contribution >= 0.6 is 24.0 Å². The van der Waals surface area contributed by atoms with Crippen molar-refractivity contribution >= 4 is 35.6 Å². The zero-order chi connectivity index (χ0) is 24.3.